The van der Waals surface area contributed by atoms with E-state index in [0.717, 1.165) is 10.8 Å². The Balaban J connectivity index is 1.52. The maximum atomic E-state index is 1.65. The van der Waals surface area contributed by atoms with Crippen molar-refractivity contribution in [1.29, 1.82) is 0 Å². The molecule has 0 nitrogen and oxygen atoms in total. The topological polar surface area (TPSA) is 0 Å². The molecule has 4 saturated carbocycles. The SMILES string of the molecule is C1CC(C2CC23CC32CCCC2)C1. The Labute approximate surface area is 81.1 Å². The average molecular weight is 176 g/mol. The fourth-order valence-electron chi connectivity index (χ4n) is 4.89. The molecule has 0 heterocycles. The predicted octanol–water partition coefficient (Wildman–Crippen LogP) is 3.76. The molecule has 2 atom stereocenters. The summed E-state index contributed by atoms with van der Waals surface area (Å²) < 4.78 is 0. The highest BCUT2D eigenvalue weighted by molar-refractivity contribution is 5.28. The third kappa shape index (κ3) is 0.714. The van der Waals surface area contributed by atoms with Crippen LogP contribution in [0.4, 0.5) is 0 Å². The molecular formula is C13H20. The molecule has 0 aromatic heterocycles. The van der Waals surface area contributed by atoms with Crippen LogP contribution in [0.2, 0.25) is 0 Å². The van der Waals surface area contributed by atoms with Gasteiger partial charge in [-0.1, -0.05) is 32.1 Å². The van der Waals surface area contributed by atoms with Crippen molar-refractivity contribution in [3.63, 3.8) is 0 Å². The van der Waals surface area contributed by atoms with E-state index in [1.54, 1.807) is 57.8 Å². The summed E-state index contributed by atoms with van der Waals surface area (Å²) in [7, 11) is 0. The van der Waals surface area contributed by atoms with E-state index in [4.69, 9.17) is 0 Å². The molecule has 0 saturated heterocycles. The van der Waals surface area contributed by atoms with Crippen LogP contribution in [-0.2, 0) is 0 Å². The van der Waals surface area contributed by atoms with Gasteiger partial charge < -0.3 is 0 Å². The van der Waals surface area contributed by atoms with Gasteiger partial charge in [0.15, 0.2) is 0 Å². The molecule has 0 heteroatoms. The quantitative estimate of drug-likeness (QED) is 0.570. The van der Waals surface area contributed by atoms with Gasteiger partial charge in [-0.15, -0.1) is 0 Å². The fourth-order valence-corrected chi connectivity index (χ4v) is 4.89. The van der Waals surface area contributed by atoms with Gasteiger partial charge in [0.1, 0.15) is 0 Å². The molecule has 4 aliphatic carbocycles. The largest absolute Gasteiger partial charge is 0.0528 e. The molecule has 0 aromatic carbocycles. The maximum absolute atomic E-state index is 1.65. The second-order valence-corrected chi connectivity index (χ2v) is 6.32. The Morgan fingerprint density at radius 2 is 1.69 bits per heavy atom. The zero-order valence-electron chi connectivity index (χ0n) is 8.52. The van der Waals surface area contributed by atoms with E-state index >= 15 is 0 Å². The normalized spacial score (nSPS) is 51.2. The van der Waals surface area contributed by atoms with E-state index in [9.17, 15) is 0 Å². The van der Waals surface area contributed by atoms with Crippen LogP contribution in [0, 0.1) is 22.7 Å². The molecule has 72 valence electrons. The zero-order chi connectivity index (χ0) is 8.52. The highest BCUT2D eigenvalue weighted by atomic mass is 14.8. The molecule has 2 spiro atoms. The summed E-state index contributed by atoms with van der Waals surface area (Å²) in [4.78, 5) is 0. The van der Waals surface area contributed by atoms with Gasteiger partial charge in [-0.2, -0.15) is 0 Å². The zero-order valence-corrected chi connectivity index (χ0v) is 8.52. The Bertz CT molecular complexity index is 245. The minimum Gasteiger partial charge on any atom is -0.0528 e. The average Bonchev–Trinajstić information content (AvgIpc) is 2.74. The summed E-state index contributed by atoms with van der Waals surface area (Å²) in [5.41, 5.74) is 1.90. The summed E-state index contributed by atoms with van der Waals surface area (Å²) >= 11 is 0. The first-order valence-corrected chi connectivity index (χ1v) is 6.36. The Morgan fingerprint density at radius 1 is 0.923 bits per heavy atom. The molecule has 2 unspecified atom stereocenters. The molecule has 0 aliphatic heterocycles. The number of fused-ring (bicyclic) bond motifs is 1. The molecular weight excluding hydrogens is 156 g/mol. The Hall–Kier alpha value is 0. The van der Waals surface area contributed by atoms with Crippen molar-refractivity contribution in [2.75, 3.05) is 0 Å². The number of hydrogen-bond donors (Lipinski definition) is 0. The number of rotatable bonds is 1. The van der Waals surface area contributed by atoms with Crippen LogP contribution in [-0.4, -0.2) is 0 Å². The summed E-state index contributed by atoms with van der Waals surface area (Å²) in [6, 6.07) is 0. The second kappa shape index (κ2) is 1.99. The van der Waals surface area contributed by atoms with Crippen LogP contribution in [0.5, 0.6) is 0 Å². The van der Waals surface area contributed by atoms with E-state index in [2.05, 4.69) is 0 Å². The predicted molar refractivity (Wildman–Crippen MR) is 53.4 cm³/mol. The highest BCUT2D eigenvalue weighted by Crippen LogP contribution is 2.88. The molecule has 0 N–H and O–H groups in total. The minimum absolute atomic E-state index is 0.938. The van der Waals surface area contributed by atoms with Crippen molar-refractivity contribution in [3.05, 3.63) is 0 Å². The molecule has 13 heavy (non-hydrogen) atoms. The van der Waals surface area contributed by atoms with Crippen LogP contribution < -0.4 is 0 Å². The fraction of sp³-hybridized carbons (Fsp3) is 1.00. The van der Waals surface area contributed by atoms with Crippen LogP contribution >= 0.6 is 0 Å². The third-order valence-electron chi connectivity index (χ3n) is 6.00. The van der Waals surface area contributed by atoms with E-state index < -0.39 is 0 Å². The highest BCUT2D eigenvalue weighted by Gasteiger charge is 2.79. The van der Waals surface area contributed by atoms with Crippen LogP contribution in [0.25, 0.3) is 0 Å². The van der Waals surface area contributed by atoms with Crippen LogP contribution in [0.1, 0.15) is 57.8 Å². The van der Waals surface area contributed by atoms with Crippen molar-refractivity contribution in [3.8, 4) is 0 Å². The minimum atomic E-state index is 0.938. The van der Waals surface area contributed by atoms with Gasteiger partial charge in [0.25, 0.3) is 0 Å². The van der Waals surface area contributed by atoms with E-state index in [1.807, 2.05) is 0 Å². The van der Waals surface area contributed by atoms with Gasteiger partial charge in [0, 0.05) is 0 Å². The summed E-state index contributed by atoms with van der Waals surface area (Å²) in [5.74, 6) is 2.42. The molecule has 4 fully saturated rings. The summed E-state index contributed by atoms with van der Waals surface area (Å²) in [6.45, 7) is 0. The smallest absolute Gasteiger partial charge is 0.0201 e. The van der Waals surface area contributed by atoms with E-state index in [0.29, 0.717) is 0 Å². The van der Waals surface area contributed by atoms with Gasteiger partial charge in [-0.25, -0.2) is 0 Å². The lowest BCUT2D eigenvalue weighted by Crippen LogP contribution is -2.15. The molecule has 0 radical (unpaired) electrons. The van der Waals surface area contributed by atoms with E-state index in [-0.39, 0.29) is 0 Å². The van der Waals surface area contributed by atoms with Gasteiger partial charge in [0.05, 0.1) is 0 Å². The summed E-state index contributed by atoms with van der Waals surface area (Å²) in [5, 5.41) is 0. The molecule has 4 aliphatic rings. The van der Waals surface area contributed by atoms with Gasteiger partial charge in [0.2, 0.25) is 0 Å². The second-order valence-electron chi connectivity index (χ2n) is 6.32. The third-order valence-corrected chi connectivity index (χ3v) is 6.00. The number of hydrogen-bond acceptors (Lipinski definition) is 0. The molecule has 4 rings (SSSR count). The lowest BCUT2D eigenvalue weighted by molar-refractivity contribution is 0.249. The lowest BCUT2D eigenvalue weighted by Gasteiger charge is -2.26. The monoisotopic (exact) mass is 176 g/mol. The van der Waals surface area contributed by atoms with Gasteiger partial charge in [-0.05, 0) is 48.3 Å². The molecule has 0 aromatic rings. The van der Waals surface area contributed by atoms with Crippen molar-refractivity contribution >= 4 is 0 Å². The summed E-state index contributed by atoms with van der Waals surface area (Å²) in [6.07, 6.45) is 14.3. The first kappa shape index (κ1) is 7.31. The van der Waals surface area contributed by atoms with E-state index in [1.165, 1.54) is 11.8 Å². The van der Waals surface area contributed by atoms with Crippen molar-refractivity contribution in [2.24, 2.45) is 22.7 Å². The first-order chi connectivity index (χ1) is 6.36. The van der Waals surface area contributed by atoms with Crippen molar-refractivity contribution in [2.45, 2.75) is 57.8 Å². The lowest BCUT2D eigenvalue weighted by atomic mass is 9.79. The van der Waals surface area contributed by atoms with Gasteiger partial charge in [-0.3, -0.25) is 0 Å². The Morgan fingerprint density at radius 3 is 2.31 bits per heavy atom. The van der Waals surface area contributed by atoms with Crippen LogP contribution in [0.15, 0.2) is 0 Å². The van der Waals surface area contributed by atoms with Crippen LogP contribution in [0.3, 0.4) is 0 Å². The standard InChI is InChI=1S/C13H20/c1-2-7-12(6-1)9-13(12)8-11(13)10-4-3-5-10/h10-11H,1-9H2. The Kier molecular flexibility index (Phi) is 1.12. The van der Waals surface area contributed by atoms with Crippen molar-refractivity contribution < 1.29 is 0 Å². The molecule has 0 amide bonds. The van der Waals surface area contributed by atoms with Gasteiger partial charge >= 0.3 is 0 Å². The molecule has 0 bridgehead atoms. The van der Waals surface area contributed by atoms with Crippen molar-refractivity contribution in [1.82, 2.24) is 0 Å². The first-order valence-electron chi connectivity index (χ1n) is 6.36. The maximum Gasteiger partial charge on any atom is -0.0201 e.